The number of hydrogen-bond acceptors (Lipinski definition) is 6. The Morgan fingerprint density at radius 2 is 1.72 bits per heavy atom. The third kappa shape index (κ3) is 4.68. The van der Waals surface area contributed by atoms with E-state index < -0.39 is 10.0 Å². The lowest BCUT2D eigenvalue weighted by atomic mass is 10.2. The van der Waals surface area contributed by atoms with E-state index in [9.17, 15) is 13.2 Å². The van der Waals surface area contributed by atoms with Crippen LogP contribution in [-0.2, 0) is 21.4 Å². The number of para-hydroxylation sites is 1. The molecule has 0 bridgehead atoms. The predicted molar refractivity (Wildman–Crippen MR) is 127 cm³/mol. The van der Waals surface area contributed by atoms with Crippen LogP contribution < -0.4 is 0 Å². The summed E-state index contributed by atoms with van der Waals surface area (Å²) < 4.78 is 28.4. The molecule has 1 amide bonds. The highest BCUT2D eigenvalue weighted by Crippen LogP contribution is 2.28. The lowest BCUT2D eigenvalue weighted by Crippen LogP contribution is -2.38. The van der Waals surface area contributed by atoms with Gasteiger partial charge in [-0.05, 0) is 35.0 Å². The summed E-state index contributed by atoms with van der Waals surface area (Å²) in [6, 6.07) is 16.9. The van der Waals surface area contributed by atoms with Gasteiger partial charge in [0, 0.05) is 32.4 Å². The van der Waals surface area contributed by atoms with Crippen LogP contribution in [-0.4, -0.2) is 54.0 Å². The minimum absolute atomic E-state index is 0.222. The molecule has 0 N–H and O–H groups in total. The summed E-state index contributed by atoms with van der Waals surface area (Å²) in [6.07, 6.45) is 1.92. The number of hydrogen-bond donors (Lipinski definition) is 0. The van der Waals surface area contributed by atoms with E-state index in [4.69, 9.17) is 5.10 Å². The van der Waals surface area contributed by atoms with Gasteiger partial charge in [-0.2, -0.15) is 9.40 Å². The quantitative estimate of drug-likeness (QED) is 0.378. The van der Waals surface area contributed by atoms with Crippen LogP contribution in [0.4, 0.5) is 0 Å². The monoisotopic (exact) mass is 486 g/mol. The standard InChI is InChI=1S/C22H22N4O3S3/c1-24(20(27)16-25(2)32(28,29)21-11-7-13-31-21)14-17-15-26(18-8-4-3-5-9-18)23-22(17)19-10-6-12-30-19/h3-13,15H,14,16H2,1-2H3. The molecule has 0 fully saturated rings. The fraction of sp³-hybridized carbons (Fsp3) is 0.182. The summed E-state index contributed by atoms with van der Waals surface area (Å²) in [7, 11) is -0.589. The van der Waals surface area contributed by atoms with Crippen LogP contribution in [0.25, 0.3) is 16.3 Å². The molecule has 0 unspecified atom stereocenters. The van der Waals surface area contributed by atoms with Crippen molar-refractivity contribution in [1.82, 2.24) is 19.0 Å². The molecule has 0 atom stereocenters. The molecule has 0 aliphatic rings. The molecule has 0 saturated heterocycles. The highest BCUT2D eigenvalue weighted by molar-refractivity contribution is 7.91. The van der Waals surface area contributed by atoms with Gasteiger partial charge in [0.05, 0.1) is 17.1 Å². The van der Waals surface area contributed by atoms with Crippen molar-refractivity contribution >= 4 is 38.6 Å². The fourth-order valence-electron chi connectivity index (χ4n) is 3.16. The number of nitrogens with zero attached hydrogens (tertiary/aromatic N) is 4. The van der Waals surface area contributed by atoms with Gasteiger partial charge in [-0.15, -0.1) is 22.7 Å². The summed E-state index contributed by atoms with van der Waals surface area (Å²) in [4.78, 5) is 15.4. The van der Waals surface area contributed by atoms with Gasteiger partial charge in [-0.3, -0.25) is 4.79 Å². The van der Waals surface area contributed by atoms with E-state index in [-0.39, 0.29) is 16.7 Å². The molecule has 166 valence electrons. The molecule has 1 aromatic carbocycles. The van der Waals surface area contributed by atoms with E-state index in [1.54, 1.807) is 34.5 Å². The first-order valence-corrected chi connectivity index (χ1v) is 13.0. The Hall–Kier alpha value is -2.79. The normalized spacial score (nSPS) is 11.7. The number of benzene rings is 1. The second kappa shape index (κ2) is 9.37. The molecular formula is C22H22N4O3S3. The molecular weight excluding hydrogens is 464 g/mol. The minimum Gasteiger partial charge on any atom is -0.340 e. The van der Waals surface area contributed by atoms with Gasteiger partial charge in [0.25, 0.3) is 10.0 Å². The Bertz CT molecular complexity index is 1280. The van der Waals surface area contributed by atoms with Crippen LogP contribution in [0.2, 0.25) is 0 Å². The Balaban J connectivity index is 1.54. The molecule has 10 heteroatoms. The fourth-order valence-corrected chi connectivity index (χ4v) is 6.23. The first kappa shape index (κ1) is 22.4. The maximum atomic E-state index is 12.8. The maximum Gasteiger partial charge on any atom is 0.252 e. The number of amides is 1. The Kier molecular flexibility index (Phi) is 6.56. The number of thiophene rings is 2. The van der Waals surface area contributed by atoms with Gasteiger partial charge < -0.3 is 4.90 Å². The highest BCUT2D eigenvalue weighted by atomic mass is 32.2. The average molecular weight is 487 g/mol. The van der Waals surface area contributed by atoms with Crippen molar-refractivity contribution in [3.8, 4) is 16.3 Å². The van der Waals surface area contributed by atoms with E-state index >= 15 is 0 Å². The highest BCUT2D eigenvalue weighted by Gasteiger charge is 2.26. The van der Waals surface area contributed by atoms with Crippen molar-refractivity contribution in [3.63, 3.8) is 0 Å². The lowest BCUT2D eigenvalue weighted by Gasteiger charge is -2.21. The molecule has 0 spiro atoms. The number of likely N-dealkylation sites (N-methyl/N-ethyl adjacent to an activating group) is 2. The average Bonchev–Trinajstić information content (AvgIpc) is 3.55. The van der Waals surface area contributed by atoms with Gasteiger partial charge in [0.15, 0.2) is 0 Å². The van der Waals surface area contributed by atoms with Crippen LogP contribution in [0.5, 0.6) is 0 Å². The van der Waals surface area contributed by atoms with Crippen molar-refractivity contribution in [3.05, 3.63) is 77.1 Å². The lowest BCUT2D eigenvalue weighted by molar-refractivity contribution is -0.130. The van der Waals surface area contributed by atoms with Crippen molar-refractivity contribution in [2.45, 2.75) is 10.8 Å². The summed E-state index contributed by atoms with van der Waals surface area (Å²) in [6.45, 7) is 0.0731. The van der Waals surface area contributed by atoms with Crippen LogP contribution >= 0.6 is 22.7 Å². The molecule has 3 heterocycles. The Morgan fingerprint density at radius 1 is 1.00 bits per heavy atom. The van der Waals surface area contributed by atoms with Crippen molar-refractivity contribution in [2.75, 3.05) is 20.6 Å². The van der Waals surface area contributed by atoms with E-state index in [1.807, 2.05) is 54.0 Å². The number of carbonyl (C=O) groups is 1. The van der Waals surface area contributed by atoms with Crippen LogP contribution in [0.3, 0.4) is 0 Å². The van der Waals surface area contributed by atoms with Gasteiger partial charge in [-0.25, -0.2) is 13.1 Å². The van der Waals surface area contributed by atoms with Gasteiger partial charge in [0.2, 0.25) is 5.91 Å². The zero-order valence-electron chi connectivity index (χ0n) is 17.6. The van der Waals surface area contributed by atoms with Crippen LogP contribution in [0.1, 0.15) is 5.56 Å². The third-order valence-corrected chi connectivity index (χ3v) is 8.97. The molecule has 0 aliphatic carbocycles. The number of carbonyl (C=O) groups excluding carboxylic acids is 1. The second-order valence-electron chi connectivity index (χ2n) is 7.20. The third-order valence-electron chi connectivity index (χ3n) is 4.92. The second-order valence-corrected chi connectivity index (χ2v) is 11.4. The molecule has 4 rings (SSSR count). The molecule has 32 heavy (non-hydrogen) atoms. The van der Waals surface area contributed by atoms with Gasteiger partial charge in [0.1, 0.15) is 9.90 Å². The van der Waals surface area contributed by atoms with Crippen molar-refractivity contribution in [2.24, 2.45) is 0 Å². The molecule has 7 nitrogen and oxygen atoms in total. The zero-order chi connectivity index (χ0) is 22.7. The van der Waals surface area contributed by atoms with Crippen LogP contribution in [0.15, 0.2) is 75.8 Å². The van der Waals surface area contributed by atoms with E-state index in [2.05, 4.69) is 0 Å². The topological polar surface area (TPSA) is 75.5 Å². The molecule has 0 saturated carbocycles. The Morgan fingerprint density at radius 3 is 2.38 bits per heavy atom. The SMILES string of the molecule is CN(Cc1cn(-c2ccccc2)nc1-c1cccs1)C(=O)CN(C)S(=O)(=O)c1cccs1. The van der Waals surface area contributed by atoms with E-state index in [0.29, 0.717) is 6.54 Å². The van der Waals surface area contributed by atoms with Crippen molar-refractivity contribution in [1.29, 1.82) is 0 Å². The Labute approximate surface area is 195 Å². The maximum absolute atomic E-state index is 12.8. The van der Waals surface area contributed by atoms with Crippen LogP contribution in [0, 0.1) is 0 Å². The zero-order valence-corrected chi connectivity index (χ0v) is 20.0. The molecule has 4 aromatic rings. The number of aromatic nitrogens is 2. The molecule has 3 aromatic heterocycles. The van der Waals surface area contributed by atoms with Crippen molar-refractivity contribution < 1.29 is 13.2 Å². The molecule has 0 aliphatic heterocycles. The summed E-state index contributed by atoms with van der Waals surface area (Å²) in [5, 5.41) is 8.44. The predicted octanol–water partition coefficient (Wildman–Crippen LogP) is 3.94. The van der Waals surface area contributed by atoms with Gasteiger partial charge in [-0.1, -0.05) is 30.3 Å². The number of sulfonamides is 1. The number of rotatable bonds is 8. The minimum atomic E-state index is -3.68. The smallest absolute Gasteiger partial charge is 0.252 e. The summed E-state index contributed by atoms with van der Waals surface area (Å²) >= 11 is 2.71. The first-order valence-electron chi connectivity index (χ1n) is 9.78. The summed E-state index contributed by atoms with van der Waals surface area (Å²) in [5.41, 5.74) is 2.62. The summed E-state index contributed by atoms with van der Waals surface area (Å²) in [5.74, 6) is -0.294. The first-order chi connectivity index (χ1) is 15.4. The van der Waals surface area contributed by atoms with E-state index in [1.165, 1.54) is 18.0 Å². The molecule has 0 radical (unpaired) electrons. The van der Waals surface area contributed by atoms with Gasteiger partial charge >= 0.3 is 0 Å². The largest absolute Gasteiger partial charge is 0.340 e. The van der Waals surface area contributed by atoms with E-state index in [0.717, 1.165) is 37.5 Å².